The van der Waals surface area contributed by atoms with E-state index < -0.39 is 0 Å². The van der Waals surface area contributed by atoms with Crippen molar-refractivity contribution in [1.82, 2.24) is 20.0 Å². The lowest BCUT2D eigenvalue weighted by molar-refractivity contribution is 0.0568. The molecule has 1 aliphatic rings. The molecular formula is C21H26N4O4. The third kappa shape index (κ3) is 3.72. The van der Waals surface area contributed by atoms with E-state index in [1.165, 1.54) is 0 Å². The molecule has 2 aromatic heterocycles. The Morgan fingerprint density at radius 2 is 2.10 bits per heavy atom. The molecule has 8 heteroatoms. The second-order valence-corrected chi connectivity index (χ2v) is 7.68. The van der Waals surface area contributed by atoms with Gasteiger partial charge in [0.15, 0.2) is 0 Å². The number of ether oxygens (including phenoxy) is 1. The first-order valence-electron chi connectivity index (χ1n) is 9.83. The highest BCUT2D eigenvalue weighted by Crippen LogP contribution is 2.35. The number of fused-ring (bicyclic) bond motifs is 1. The standard InChI is InChI=1S/C21H26N4O4/c1-13-19(15-11-14(27-4)8-9-17(15)28-13)21(26)25-10-6-5-7-16(25)20-23-22-18(29-20)12-24(2)3/h8-9,11,16H,5-7,10,12H2,1-4H3. The SMILES string of the molecule is COc1ccc2oc(C)c(C(=O)N3CCCCC3c3nnc(CN(C)C)o3)c2c1. The number of methoxy groups -OCH3 is 1. The van der Waals surface area contributed by atoms with E-state index in [9.17, 15) is 4.79 Å². The maximum absolute atomic E-state index is 13.6. The number of furan rings is 1. The fraction of sp³-hybridized carbons (Fsp3) is 0.476. The Morgan fingerprint density at radius 1 is 1.28 bits per heavy atom. The van der Waals surface area contributed by atoms with Gasteiger partial charge in [-0.15, -0.1) is 10.2 Å². The summed E-state index contributed by atoms with van der Waals surface area (Å²) in [4.78, 5) is 17.4. The molecule has 8 nitrogen and oxygen atoms in total. The van der Waals surface area contributed by atoms with E-state index >= 15 is 0 Å². The van der Waals surface area contributed by atoms with Gasteiger partial charge in [-0.3, -0.25) is 4.79 Å². The summed E-state index contributed by atoms with van der Waals surface area (Å²) >= 11 is 0. The molecule has 1 aromatic carbocycles. The van der Waals surface area contributed by atoms with Crippen LogP contribution in [0.25, 0.3) is 11.0 Å². The van der Waals surface area contributed by atoms with Crippen LogP contribution in [-0.2, 0) is 6.54 Å². The normalized spacial score (nSPS) is 17.3. The van der Waals surface area contributed by atoms with Gasteiger partial charge in [0.1, 0.15) is 23.1 Å². The van der Waals surface area contributed by atoms with Gasteiger partial charge in [0, 0.05) is 11.9 Å². The number of amides is 1. The first-order chi connectivity index (χ1) is 14.0. The molecule has 0 radical (unpaired) electrons. The number of nitrogens with zero attached hydrogens (tertiary/aromatic N) is 4. The second-order valence-electron chi connectivity index (χ2n) is 7.68. The number of carbonyl (C=O) groups excluding carboxylic acids is 1. The summed E-state index contributed by atoms with van der Waals surface area (Å²) in [7, 11) is 5.50. The minimum Gasteiger partial charge on any atom is -0.497 e. The smallest absolute Gasteiger partial charge is 0.258 e. The van der Waals surface area contributed by atoms with Gasteiger partial charge >= 0.3 is 0 Å². The predicted octanol–water partition coefficient (Wildman–Crippen LogP) is 3.56. The minimum absolute atomic E-state index is 0.0773. The lowest BCUT2D eigenvalue weighted by Gasteiger charge is -2.33. The fourth-order valence-electron chi connectivity index (χ4n) is 3.90. The number of piperidine rings is 1. The molecule has 1 amide bonds. The van der Waals surface area contributed by atoms with Crippen molar-refractivity contribution in [1.29, 1.82) is 0 Å². The lowest BCUT2D eigenvalue weighted by Crippen LogP contribution is -2.38. The summed E-state index contributed by atoms with van der Waals surface area (Å²) < 4.78 is 17.1. The number of aryl methyl sites for hydroxylation is 1. The number of hydrogen-bond donors (Lipinski definition) is 0. The topological polar surface area (TPSA) is 84.8 Å². The number of aromatic nitrogens is 2. The molecule has 3 aromatic rings. The van der Waals surface area contributed by atoms with E-state index in [1.54, 1.807) is 7.11 Å². The van der Waals surface area contributed by atoms with E-state index in [1.807, 2.05) is 49.0 Å². The molecule has 1 atom stereocenters. The summed E-state index contributed by atoms with van der Waals surface area (Å²) in [5, 5.41) is 9.14. The van der Waals surface area contributed by atoms with E-state index in [4.69, 9.17) is 13.6 Å². The number of rotatable bonds is 5. The van der Waals surface area contributed by atoms with Gasteiger partial charge in [-0.2, -0.15) is 0 Å². The second kappa shape index (κ2) is 7.87. The third-order valence-corrected chi connectivity index (χ3v) is 5.27. The van der Waals surface area contributed by atoms with Gasteiger partial charge in [-0.1, -0.05) is 0 Å². The van der Waals surface area contributed by atoms with E-state index in [0.717, 1.165) is 24.6 Å². The van der Waals surface area contributed by atoms with E-state index in [-0.39, 0.29) is 11.9 Å². The van der Waals surface area contributed by atoms with Crippen LogP contribution < -0.4 is 4.74 Å². The van der Waals surface area contributed by atoms with Crippen LogP contribution in [0.1, 0.15) is 53.2 Å². The first-order valence-corrected chi connectivity index (χ1v) is 9.83. The van der Waals surface area contributed by atoms with Crippen molar-refractivity contribution in [2.75, 3.05) is 27.7 Å². The molecule has 0 aliphatic carbocycles. The molecule has 1 aliphatic heterocycles. The molecule has 0 spiro atoms. The van der Waals surface area contributed by atoms with Crippen LogP contribution in [0.5, 0.6) is 5.75 Å². The van der Waals surface area contributed by atoms with E-state index in [0.29, 0.717) is 47.5 Å². The molecule has 154 valence electrons. The average molecular weight is 398 g/mol. The maximum atomic E-state index is 13.6. The van der Waals surface area contributed by atoms with Gasteiger partial charge in [-0.05, 0) is 58.5 Å². The van der Waals surface area contributed by atoms with Crippen LogP contribution >= 0.6 is 0 Å². The highest BCUT2D eigenvalue weighted by atomic mass is 16.5. The van der Waals surface area contributed by atoms with Crippen molar-refractivity contribution < 1.29 is 18.4 Å². The van der Waals surface area contributed by atoms with Crippen LogP contribution in [0.2, 0.25) is 0 Å². The summed E-state index contributed by atoms with van der Waals surface area (Å²) in [5.74, 6) is 2.26. The molecule has 4 rings (SSSR count). The monoisotopic (exact) mass is 398 g/mol. The zero-order chi connectivity index (χ0) is 20.5. The van der Waals surface area contributed by atoms with E-state index in [2.05, 4.69) is 10.2 Å². The van der Waals surface area contributed by atoms with Crippen LogP contribution in [-0.4, -0.2) is 53.7 Å². The minimum atomic E-state index is -0.227. The molecule has 29 heavy (non-hydrogen) atoms. The van der Waals surface area contributed by atoms with Gasteiger partial charge in [-0.25, -0.2) is 0 Å². The molecule has 3 heterocycles. The largest absolute Gasteiger partial charge is 0.497 e. The number of hydrogen-bond acceptors (Lipinski definition) is 7. The van der Waals surface area contributed by atoms with Crippen molar-refractivity contribution in [2.24, 2.45) is 0 Å². The Bertz CT molecular complexity index is 1020. The zero-order valence-electron chi connectivity index (χ0n) is 17.3. The predicted molar refractivity (Wildman–Crippen MR) is 107 cm³/mol. The van der Waals surface area contributed by atoms with Gasteiger partial charge in [0.2, 0.25) is 11.8 Å². The van der Waals surface area contributed by atoms with Crippen LogP contribution in [0.4, 0.5) is 0 Å². The molecule has 1 unspecified atom stereocenters. The Labute approximate surface area is 169 Å². The average Bonchev–Trinajstić information content (AvgIpc) is 3.29. The Kier molecular flexibility index (Phi) is 5.27. The first kappa shape index (κ1) is 19.4. The van der Waals surface area contributed by atoms with Crippen molar-refractivity contribution in [3.05, 3.63) is 41.3 Å². The molecule has 1 fully saturated rings. The summed E-state index contributed by atoms with van der Waals surface area (Å²) in [5.41, 5.74) is 1.24. The van der Waals surface area contributed by atoms with Crippen molar-refractivity contribution in [2.45, 2.75) is 38.8 Å². The highest BCUT2D eigenvalue weighted by molar-refractivity contribution is 6.07. The lowest BCUT2D eigenvalue weighted by atomic mass is 10.00. The van der Waals surface area contributed by atoms with Crippen molar-refractivity contribution in [3.63, 3.8) is 0 Å². The number of carbonyl (C=O) groups is 1. The summed E-state index contributed by atoms with van der Waals surface area (Å²) in [6, 6.07) is 5.28. The van der Waals surface area contributed by atoms with Gasteiger partial charge in [0.25, 0.3) is 5.91 Å². The molecule has 1 saturated heterocycles. The van der Waals surface area contributed by atoms with Crippen LogP contribution in [0.15, 0.2) is 27.0 Å². The maximum Gasteiger partial charge on any atom is 0.258 e. The van der Waals surface area contributed by atoms with Crippen LogP contribution in [0.3, 0.4) is 0 Å². The number of benzene rings is 1. The van der Waals surface area contributed by atoms with Crippen molar-refractivity contribution >= 4 is 16.9 Å². The summed E-state index contributed by atoms with van der Waals surface area (Å²) in [6.45, 7) is 3.03. The quantitative estimate of drug-likeness (QED) is 0.649. The Hall–Kier alpha value is -2.87. The third-order valence-electron chi connectivity index (χ3n) is 5.27. The summed E-state index contributed by atoms with van der Waals surface area (Å²) in [6.07, 6.45) is 2.76. The zero-order valence-corrected chi connectivity index (χ0v) is 17.3. The van der Waals surface area contributed by atoms with Crippen molar-refractivity contribution in [3.8, 4) is 5.75 Å². The molecular weight excluding hydrogens is 372 g/mol. The number of likely N-dealkylation sites (tertiary alicyclic amines) is 1. The van der Waals surface area contributed by atoms with Gasteiger partial charge < -0.3 is 23.4 Å². The highest BCUT2D eigenvalue weighted by Gasteiger charge is 2.34. The van der Waals surface area contributed by atoms with Crippen LogP contribution in [0, 0.1) is 6.92 Å². The molecule has 0 bridgehead atoms. The van der Waals surface area contributed by atoms with Gasteiger partial charge in [0.05, 0.1) is 19.2 Å². The Morgan fingerprint density at radius 3 is 2.86 bits per heavy atom. The molecule has 0 saturated carbocycles. The Balaban J connectivity index is 1.68. The fourth-order valence-corrected chi connectivity index (χ4v) is 3.90. The molecule has 0 N–H and O–H groups in total.